The molecule has 0 aliphatic carbocycles. The van der Waals surface area contributed by atoms with E-state index in [1.165, 1.54) is 17.6 Å². The summed E-state index contributed by atoms with van der Waals surface area (Å²) in [5.74, 6) is -0.155. The molecule has 2 N–H and O–H groups in total. The van der Waals surface area contributed by atoms with Gasteiger partial charge >= 0.3 is 5.97 Å². The predicted octanol–water partition coefficient (Wildman–Crippen LogP) is 1.17. The molecule has 2 heterocycles. The van der Waals surface area contributed by atoms with E-state index >= 15 is 0 Å². The highest BCUT2D eigenvalue weighted by molar-refractivity contribution is 7.10. The van der Waals surface area contributed by atoms with Crippen molar-refractivity contribution < 1.29 is 9.53 Å². The molecule has 0 fully saturated rings. The second kappa shape index (κ2) is 5.62. The molecule has 0 aromatic carbocycles. The standard InChI is InChI=1S/C12H18N2O2S/c1-16-11(15)3-6-14-5-2-9-4-7-17-12(9)10(14)8-13/h4,7,10H,2-3,5-6,8,13H2,1H3. The van der Waals surface area contributed by atoms with E-state index in [9.17, 15) is 4.79 Å². The summed E-state index contributed by atoms with van der Waals surface area (Å²) in [6, 6.07) is 2.45. The van der Waals surface area contributed by atoms with Gasteiger partial charge in [-0.05, 0) is 23.4 Å². The SMILES string of the molecule is COC(=O)CCN1CCc2ccsc2C1CN. The number of esters is 1. The van der Waals surface area contributed by atoms with Crippen molar-refractivity contribution in [1.82, 2.24) is 4.90 Å². The van der Waals surface area contributed by atoms with Gasteiger partial charge in [0.05, 0.1) is 19.6 Å². The summed E-state index contributed by atoms with van der Waals surface area (Å²) in [5, 5.41) is 2.12. The molecule has 4 nitrogen and oxygen atoms in total. The van der Waals surface area contributed by atoms with Crippen molar-refractivity contribution in [2.45, 2.75) is 18.9 Å². The molecule has 0 bridgehead atoms. The Morgan fingerprint density at radius 2 is 2.53 bits per heavy atom. The van der Waals surface area contributed by atoms with Gasteiger partial charge in [-0.1, -0.05) is 0 Å². The Hall–Kier alpha value is -0.910. The summed E-state index contributed by atoms with van der Waals surface area (Å²) in [5.41, 5.74) is 7.27. The van der Waals surface area contributed by atoms with Gasteiger partial charge in [0.25, 0.3) is 0 Å². The van der Waals surface area contributed by atoms with Crippen molar-refractivity contribution in [1.29, 1.82) is 0 Å². The molecule has 2 rings (SSSR count). The molecular formula is C12H18N2O2S. The molecule has 0 saturated carbocycles. The van der Waals surface area contributed by atoms with Crippen LogP contribution in [0.4, 0.5) is 0 Å². The second-order valence-corrected chi connectivity index (χ2v) is 5.12. The first-order valence-electron chi connectivity index (χ1n) is 5.83. The zero-order valence-corrected chi connectivity index (χ0v) is 10.8. The van der Waals surface area contributed by atoms with Crippen molar-refractivity contribution >= 4 is 17.3 Å². The van der Waals surface area contributed by atoms with E-state index in [4.69, 9.17) is 5.73 Å². The fourth-order valence-electron chi connectivity index (χ4n) is 2.29. The van der Waals surface area contributed by atoms with Crippen LogP contribution in [0.1, 0.15) is 22.9 Å². The highest BCUT2D eigenvalue weighted by Gasteiger charge is 2.27. The Balaban J connectivity index is 2.02. The summed E-state index contributed by atoms with van der Waals surface area (Å²) in [6.45, 7) is 2.31. The maximum atomic E-state index is 11.2. The number of nitrogens with two attached hydrogens (primary N) is 1. The molecule has 94 valence electrons. The van der Waals surface area contributed by atoms with Crippen LogP contribution in [0.15, 0.2) is 11.4 Å². The van der Waals surface area contributed by atoms with Crippen molar-refractivity contribution in [3.05, 3.63) is 21.9 Å². The number of rotatable bonds is 4. The number of carbonyl (C=O) groups excluding carboxylic acids is 1. The van der Waals surface area contributed by atoms with E-state index in [0.29, 0.717) is 13.0 Å². The zero-order chi connectivity index (χ0) is 12.3. The van der Waals surface area contributed by atoms with E-state index < -0.39 is 0 Å². The van der Waals surface area contributed by atoms with Crippen LogP contribution >= 0.6 is 11.3 Å². The predicted molar refractivity (Wildman–Crippen MR) is 68.0 cm³/mol. The van der Waals surface area contributed by atoms with Gasteiger partial charge in [-0.3, -0.25) is 9.69 Å². The molecular weight excluding hydrogens is 236 g/mol. The smallest absolute Gasteiger partial charge is 0.306 e. The van der Waals surface area contributed by atoms with Gasteiger partial charge < -0.3 is 10.5 Å². The molecule has 5 heteroatoms. The monoisotopic (exact) mass is 254 g/mol. The number of methoxy groups -OCH3 is 1. The quantitative estimate of drug-likeness (QED) is 0.820. The maximum absolute atomic E-state index is 11.2. The molecule has 1 unspecified atom stereocenters. The number of ether oxygens (including phenoxy) is 1. The molecule has 1 aliphatic heterocycles. The van der Waals surface area contributed by atoms with Crippen LogP contribution in [-0.4, -0.2) is 37.6 Å². The van der Waals surface area contributed by atoms with Crippen molar-refractivity contribution in [3.63, 3.8) is 0 Å². The third-order valence-corrected chi connectivity index (χ3v) is 4.31. The van der Waals surface area contributed by atoms with E-state index in [1.54, 1.807) is 11.3 Å². The number of hydrogen-bond donors (Lipinski definition) is 1. The van der Waals surface area contributed by atoms with Gasteiger partial charge in [0.2, 0.25) is 0 Å². The lowest BCUT2D eigenvalue weighted by atomic mass is 10.0. The Labute approximate surface area is 105 Å². The molecule has 17 heavy (non-hydrogen) atoms. The van der Waals surface area contributed by atoms with Crippen LogP contribution in [0.2, 0.25) is 0 Å². The first-order chi connectivity index (χ1) is 8.26. The molecule has 0 saturated heterocycles. The van der Waals surface area contributed by atoms with E-state index in [1.807, 2.05) is 0 Å². The molecule has 0 radical (unpaired) electrons. The van der Waals surface area contributed by atoms with E-state index in [2.05, 4.69) is 21.1 Å². The average molecular weight is 254 g/mol. The van der Waals surface area contributed by atoms with Gasteiger partial charge in [-0.15, -0.1) is 11.3 Å². The normalized spacial score (nSPS) is 20.0. The second-order valence-electron chi connectivity index (χ2n) is 4.17. The van der Waals surface area contributed by atoms with Crippen LogP contribution in [-0.2, 0) is 16.0 Å². The Morgan fingerprint density at radius 1 is 1.71 bits per heavy atom. The van der Waals surface area contributed by atoms with Gasteiger partial charge in [-0.2, -0.15) is 0 Å². The molecule has 0 amide bonds. The topological polar surface area (TPSA) is 55.6 Å². The number of fused-ring (bicyclic) bond motifs is 1. The van der Waals surface area contributed by atoms with E-state index in [-0.39, 0.29) is 12.0 Å². The van der Waals surface area contributed by atoms with Gasteiger partial charge in [-0.25, -0.2) is 0 Å². The first kappa shape index (κ1) is 12.5. The fourth-order valence-corrected chi connectivity index (χ4v) is 3.40. The molecule has 1 aromatic rings. The third-order valence-electron chi connectivity index (χ3n) is 3.25. The fraction of sp³-hybridized carbons (Fsp3) is 0.583. The number of carbonyl (C=O) groups is 1. The Morgan fingerprint density at radius 3 is 3.24 bits per heavy atom. The van der Waals surface area contributed by atoms with Crippen LogP contribution in [0.5, 0.6) is 0 Å². The lowest BCUT2D eigenvalue weighted by Gasteiger charge is -2.34. The molecule has 1 atom stereocenters. The maximum Gasteiger partial charge on any atom is 0.306 e. The van der Waals surface area contributed by atoms with Crippen LogP contribution in [0.25, 0.3) is 0 Å². The van der Waals surface area contributed by atoms with Crippen molar-refractivity contribution in [2.24, 2.45) is 5.73 Å². The van der Waals surface area contributed by atoms with Crippen molar-refractivity contribution in [3.8, 4) is 0 Å². The molecule has 1 aromatic heterocycles. The van der Waals surface area contributed by atoms with Crippen LogP contribution in [0.3, 0.4) is 0 Å². The molecule has 1 aliphatic rings. The van der Waals surface area contributed by atoms with E-state index in [0.717, 1.165) is 19.5 Å². The lowest BCUT2D eigenvalue weighted by Crippen LogP contribution is -2.39. The Bertz CT molecular complexity index is 392. The largest absolute Gasteiger partial charge is 0.469 e. The lowest BCUT2D eigenvalue weighted by molar-refractivity contribution is -0.141. The van der Waals surface area contributed by atoms with Crippen molar-refractivity contribution in [2.75, 3.05) is 26.7 Å². The van der Waals surface area contributed by atoms with Gasteiger partial charge in [0.1, 0.15) is 0 Å². The van der Waals surface area contributed by atoms with Gasteiger partial charge in [0.15, 0.2) is 0 Å². The summed E-state index contributed by atoms with van der Waals surface area (Å²) in [6.07, 6.45) is 1.49. The highest BCUT2D eigenvalue weighted by atomic mass is 32.1. The third kappa shape index (κ3) is 2.68. The first-order valence-corrected chi connectivity index (χ1v) is 6.71. The summed E-state index contributed by atoms with van der Waals surface area (Å²) < 4.78 is 4.67. The number of thiophene rings is 1. The summed E-state index contributed by atoms with van der Waals surface area (Å²) >= 11 is 1.76. The Kier molecular flexibility index (Phi) is 4.15. The summed E-state index contributed by atoms with van der Waals surface area (Å²) in [4.78, 5) is 14.8. The highest BCUT2D eigenvalue weighted by Crippen LogP contribution is 2.33. The minimum atomic E-state index is -0.155. The van der Waals surface area contributed by atoms with Crippen LogP contribution < -0.4 is 5.73 Å². The average Bonchev–Trinajstić information content (AvgIpc) is 2.83. The number of nitrogens with zero attached hydrogens (tertiary/aromatic N) is 1. The summed E-state index contributed by atoms with van der Waals surface area (Å²) in [7, 11) is 1.43. The van der Waals surface area contributed by atoms with Gasteiger partial charge in [0, 0.05) is 24.5 Å². The minimum absolute atomic E-state index is 0.155. The molecule has 0 spiro atoms. The number of hydrogen-bond acceptors (Lipinski definition) is 5. The minimum Gasteiger partial charge on any atom is -0.469 e. The zero-order valence-electron chi connectivity index (χ0n) is 10.0. The van der Waals surface area contributed by atoms with Crippen LogP contribution in [0, 0.1) is 0 Å².